The SMILES string of the molecule is Cc1cccc(C(=O)N2C=Cc3[nH]c4ccccc4c3C(C)(C)C2)c1. The fourth-order valence-corrected chi connectivity index (χ4v) is 3.82. The molecular weight excluding hydrogens is 308 g/mol. The summed E-state index contributed by atoms with van der Waals surface area (Å²) < 4.78 is 0. The van der Waals surface area contributed by atoms with Gasteiger partial charge in [-0.2, -0.15) is 0 Å². The third-order valence-corrected chi connectivity index (χ3v) is 4.92. The van der Waals surface area contributed by atoms with E-state index in [1.165, 1.54) is 10.9 Å². The number of H-pyrrole nitrogens is 1. The summed E-state index contributed by atoms with van der Waals surface area (Å²) in [5.41, 5.74) is 5.18. The van der Waals surface area contributed by atoms with Crippen molar-refractivity contribution >= 4 is 22.9 Å². The Balaban J connectivity index is 1.77. The predicted molar refractivity (Wildman–Crippen MR) is 103 cm³/mol. The summed E-state index contributed by atoms with van der Waals surface area (Å²) in [7, 11) is 0. The molecule has 0 spiro atoms. The van der Waals surface area contributed by atoms with E-state index in [4.69, 9.17) is 0 Å². The van der Waals surface area contributed by atoms with Crippen LogP contribution in [0.1, 0.15) is 41.0 Å². The maximum Gasteiger partial charge on any atom is 0.257 e. The molecule has 25 heavy (non-hydrogen) atoms. The fourth-order valence-electron chi connectivity index (χ4n) is 3.82. The van der Waals surface area contributed by atoms with Gasteiger partial charge >= 0.3 is 0 Å². The molecular formula is C22H22N2O. The number of hydrogen-bond donors (Lipinski definition) is 1. The number of hydrogen-bond acceptors (Lipinski definition) is 1. The highest BCUT2D eigenvalue weighted by Crippen LogP contribution is 2.37. The van der Waals surface area contributed by atoms with Crippen LogP contribution in [0.15, 0.2) is 54.7 Å². The molecule has 1 aromatic heterocycles. The van der Waals surface area contributed by atoms with Crippen LogP contribution in [0.3, 0.4) is 0 Å². The van der Waals surface area contributed by atoms with Crippen molar-refractivity contribution in [2.45, 2.75) is 26.2 Å². The first-order chi connectivity index (χ1) is 12.0. The molecule has 1 N–H and O–H groups in total. The molecule has 1 aliphatic rings. The molecule has 0 fully saturated rings. The lowest BCUT2D eigenvalue weighted by Gasteiger charge is -2.30. The number of benzene rings is 2. The lowest BCUT2D eigenvalue weighted by atomic mass is 9.82. The van der Waals surface area contributed by atoms with Crippen molar-refractivity contribution in [3.8, 4) is 0 Å². The summed E-state index contributed by atoms with van der Waals surface area (Å²) in [6.07, 6.45) is 3.94. The Bertz CT molecular complexity index is 994. The second-order valence-corrected chi connectivity index (χ2v) is 7.46. The Kier molecular flexibility index (Phi) is 3.53. The quantitative estimate of drug-likeness (QED) is 0.678. The van der Waals surface area contributed by atoms with Crippen molar-refractivity contribution in [3.05, 3.63) is 77.1 Å². The van der Waals surface area contributed by atoms with E-state index >= 15 is 0 Å². The summed E-state index contributed by atoms with van der Waals surface area (Å²) in [6.45, 7) is 7.06. The van der Waals surface area contributed by atoms with Gasteiger partial charge in [-0.25, -0.2) is 0 Å². The highest BCUT2D eigenvalue weighted by Gasteiger charge is 2.32. The maximum atomic E-state index is 13.0. The van der Waals surface area contributed by atoms with Gasteiger partial charge in [0.2, 0.25) is 0 Å². The summed E-state index contributed by atoms with van der Waals surface area (Å²) in [5.74, 6) is 0.0440. The van der Waals surface area contributed by atoms with Crippen LogP contribution >= 0.6 is 0 Å². The largest absolute Gasteiger partial charge is 0.355 e. The lowest BCUT2D eigenvalue weighted by molar-refractivity contribution is 0.0801. The maximum absolute atomic E-state index is 13.0. The van der Waals surface area contributed by atoms with E-state index < -0.39 is 0 Å². The van der Waals surface area contributed by atoms with E-state index in [2.05, 4.69) is 37.0 Å². The van der Waals surface area contributed by atoms with Gasteiger partial charge in [0.25, 0.3) is 5.91 Å². The lowest BCUT2D eigenvalue weighted by Crippen LogP contribution is -2.36. The van der Waals surface area contributed by atoms with E-state index in [1.807, 2.05) is 54.4 Å². The zero-order valence-corrected chi connectivity index (χ0v) is 14.8. The highest BCUT2D eigenvalue weighted by molar-refractivity contribution is 5.96. The normalized spacial score (nSPS) is 15.9. The number of nitrogens with one attached hydrogen (secondary N) is 1. The van der Waals surface area contributed by atoms with E-state index in [-0.39, 0.29) is 11.3 Å². The Morgan fingerprint density at radius 3 is 2.72 bits per heavy atom. The molecule has 2 heterocycles. The molecule has 3 nitrogen and oxygen atoms in total. The van der Waals surface area contributed by atoms with Crippen LogP contribution in [0.4, 0.5) is 0 Å². The van der Waals surface area contributed by atoms with Crippen LogP contribution in [0.25, 0.3) is 17.0 Å². The second kappa shape index (κ2) is 5.62. The van der Waals surface area contributed by atoms with Gasteiger partial charge in [0, 0.05) is 40.3 Å². The highest BCUT2D eigenvalue weighted by atomic mass is 16.2. The van der Waals surface area contributed by atoms with Gasteiger partial charge in [-0.15, -0.1) is 0 Å². The summed E-state index contributed by atoms with van der Waals surface area (Å²) >= 11 is 0. The third-order valence-electron chi connectivity index (χ3n) is 4.92. The van der Waals surface area contributed by atoms with E-state index in [0.29, 0.717) is 6.54 Å². The number of para-hydroxylation sites is 1. The summed E-state index contributed by atoms with van der Waals surface area (Å²) in [6, 6.07) is 16.1. The van der Waals surface area contributed by atoms with Gasteiger partial charge in [0.15, 0.2) is 0 Å². The molecule has 0 aliphatic carbocycles. The third kappa shape index (κ3) is 2.66. The van der Waals surface area contributed by atoms with Crippen LogP contribution in [-0.4, -0.2) is 22.3 Å². The van der Waals surface area contributed by atoms with Gasteiger partial charge in [-0.3, -0.25) is 4.79 Å². The number of carbonyl (C=O) groups is 1. The van der Waals surface area contributed by atoms with Crippen molar-refractivity contribution in [3.63, 3.8) is 0 Å². The zero-order valence-electron chi connectivity index (χ0n) is 14.8. The molecule has 2 aromatic carbocycles. The molecule has 0 radical (unpaired) electrons. The molecule has 0 saturated carbocycles. The van der Waals surface area contributed by atoms with Gasteiger partial charge in [0.05, 0.1) is 0 Å². The number of nitrogens with zero attached hydrogens (tertiary/aromatic N) is 1. The monoisotopic (exact) mass is 330 g/mol. The number of aromatic amines is 1. The van der Waals surface area contributed by atoms with Gasteiger partial charge in [-0.05, 0) is 36.8 Å². The molecule has 1 amide bonds. The minimum Gasteiger partial charge on any atom is -0.355 e. The molecule has 0 bridgehead atoms. The average molecular weight is 330 g/mol. The Hall–Kier alpha value is -2.81. The van der Waals surface area contributed by atoms with Crippen LogP contribution in [0, 0.1) is 6.92 Å². The van der Waals surface area contributed by atoms with Crippen LogP contribution in [-0.2, 0) is 5.41 Å². The average Bonchev–Trinajstić information content (AvgIpc) is 2.91. The van der Waals surface area contributed by atoms with Gasteiger partial charge < -0.3 is 9.88 Å². The first-order valence-electron chi connectivity index (χ1n) is 8.63. The van der Waals surface area contributed by atoms with Crippen molar-refractivity contribution in [2.75, 3.05) is 6.54 Å². The van der Waals surface area contributed by atoms with Gasteiger partial charge in [-0.1, -0.05) is 49.7 Å². The second-order valence-electron chi connectivity index (χ2n) is 7.46. The molecule has 1 aliphatic heterocycles. The number of rotatable bonds is 1. The fraction of sp³-hybridized carbons (Fsp3) is 0.227. The first kappa shape index (κ1) is 15.7. The molecule has 0 saturated heterocycles. The van der Waals surface area contributed by atoms with Crippen molar-refractivity contribution in [2.24, 2.45) is 0 Å². The molecule has 126 valence electrons. The molecule has 3 aromatic rings. The van der Waals surface area contributed by atoms with E-state index in [9.17, 15) is 4.79 Å². The van der Waals surface area contributed by atoms with Crippen molar-refractivity contribution in [1.82, 2.24) is 9.88 Å². The summed E-state index contributed by atoms with van der Waals surface area (Å²) in [4.78, 5) is 18.3. The Morgan fingerprint density at radius 1 is 1.12 bits per heavy atom. The minimum atomic E-state index is -0.155. The molecule has 0 atom stereocenters. The topological polar surface area (TPSA) is 36.1 Å². The van der Waals surface area contributed by atoms with E-state index in [1.54, 1.807) is 0 Å². The van der Waals surface area contributed by atoms with Crippen LogP contribution < -0.4 is 0 Å². The molecule has 3 heteroatoms. The van der Waals surface area contributed by atoms with Crippen molar-refractivity contribution < 1.29 is 4.79 Å². The van der Waals surface area contributed by atoms with Crippen LogP contribution in [0.5, 0.6) is 0 Å². The number of fused-ring (bicyclic) bond motifs is 3. The number of aryl methyl sites for hydroxylation is 1. The predicted octanol–water partition coefficient (Wildman–Crippen LogP) is 4.88. The van der Waals surface area contributed by atoms with Crippen LogP contribution in [0.2, 0.25) is 0 Å². The molecule has 0 unspecified atom stereocenters. The number of amides is 1. The Morgan fingerprint density at radius 2 is 1.92 bits per heavy atom. The minimum absolute atomic E-state index is 0.0440. The Labute approximate surface area is 148 Å². The smallest absolute Gasteiger partial charge is 0.257 e. The standard InChI is InChI=1S/C22H22N2O/c1-15-7-6-8-16(13-15)21(25)24-12-11-19-20(22(2,3)14-24)17-9-4-5-10-18(17)23-19/h4-13,23H,14H2,1-3H3. The van der Waals surface area contributed by atoms with E-state index in [0.717, 1.165) is 22.3 Å². The van der Waals surface area contributed by atoms with Gasteiger partial charge in [0.1, 0.15) is 0 Å². The molecule has 4 rings (SSSR count). The number of carbonyl (C=O) groups excluding carboxylic acids is 1. The van der Waals surface area contributed by atoms with Crippen molar-refractivity contribution in [1.29, 1.82) is 0 Å². The first-order valence-corrected chi connectivity index (χ1v) is 8.63. The number of aromatic nitrogens is 1. The summed E-state index contributed by atoms with van der Waals surface area (Å²) in [5, 5.41) is 1.23. The zero-order chi connectivity index (χ0) is 17.6.